The van der Waals surface area contributed by atoms with Crippen LogP contribution < -0.4 is 4.74 Å². The summed E-state index contributed by atoms with van der Waals surface area (Å²) in [5.74, 6) is -2.45. The zero-order valence-electron chi connectivity index (χ0n) is 10.1. The molecule has 0 radical (unpaired) electrons. The summed E-state index contributed by atoms with van der Waals surface area (Å²) < 4.78 is 43.1. The maximum Gasteiger partial charge on any atom is 0.399 e. The van der Waals surface area contributed by atoms with Crippen LogP contribution in [0.1, 0.15) is 18.4 Å². The van der Waals surface area contributed by atoms with Crippen LogP contribution in [0.2, 0.25) is 0 Å². The van der Waals surface area contributed by atoms with Gasteiger partial charge in [-0.15, -0.1) is 0 Å². The number of halogens is 3. The van der Waals surface area contributed by atoms with E-state index in [1.165, 1.54) is 24.3 Å². The van der Waals surface area contributed by atoms with E-state index in [4.69, 9.17) is 4.74 Å². The molecule has 0 bridgehead atoms. The fourth-order valence-corrected chi connectivity index (χ4v) is 2.31. The van der Waals surface area contributed by atoms with Gasteiger partial charge in [-0.25, -0.2) is 0 Å². The van der Waals surface area contributed by atoms with Crippen LogP contribution in [0.15, 0.2) is 24.3 Å². The molecule has 0 aromatic heterocycles. The van der Waals surface area contributed by atoms with Gasteiger partial charge in [-0.05, 0) is 24.6 Å². The number of hydrogen-bond donors (Lipinski definition) is 0. The van der Waals surface area contributed by atoms with E-state index in [-0.39, 0.29) is 0 Å². The number of hydrogen-bond acceptors (Lipinski definition) is 3. The Morgan fingerprint density at radius 3 is 2.26 bits per heavy atom. The number of benzene rings is 1. The van der Waals surface area contributed by atoms with Crippen molar-refractivity contribution in [3.05, 3.63) is 39.9 Å². The summed E-state index contributed by atoms with van der Waals surface area (Å²) in [5, 5.41) is 10.7. The Labute approximate surface area is 107 Å². The van der Waals surface area contributed by atoms with Gasteiger partial charge in [-0.2, -0.15) is 13.2 Å². The zero-order chi connectivity index (χ0) is 14.2. The summed E-state index contributed by atoms with van der Waals surface area (Å²) in [4.78, 5) is 9.80. The van der Waals surface area contributed by atoms with E-state index < -0.39 is 29.0 Å². The molecule has 3 atom stereocenters. The topological polar surface area (TPSA) is 52.4 Å². The largest absolute Gasteiger partial charge is 0.494 e. The van der Waals surface area contributed by atoms with Crippen LogP contribution in [0.3, 0.4) is 0 Å². The molecular formula is C12H12F3NO3. The molecule has 2 rings (SSSR count). The Morgan fingerprint density at radius 2 is 1.89 bits per heavy atom. The molecule has 4 nitrogen and oxygen atoms in total. The van der Waals surface area contributed by atoms with Gasteiger partial charge in [0.2, 0.25) is 6.04 Å². The number of nitro groups is 1. The molecule has 1 aliphatic carbocycles. The molecule has 1 saturated carbocycles. The van der Waals surface area contributed by atoms with Crippen molar-refractivity contribution < 1.29 is 22.8 Å². The predicted octanol–water partition coefficient (Wildman–Crippen LogP) is 3.01. The lowest BCUT2D eigenvalue weighted by Gasteiger charge is -2.05. The molecule has 1 aromatic carbocycles. The summed E-state index contributed by atoms with van der Waals surface area (Å²) in [6.07, 6.45) is -4.54. The van der Waals surface area contributed by atoms with E-state index in [0.29, 0.717) is 17.9 Å². The van der Waals surface area contributed by atoms with Crippen LogP contribution in [0.25, 0.3) is 0 Å². The van der Waals surface area contributed by atoms with Gasteiger partial charge in [0.1, 0.15) is 11.7 Å². The number of rotatable bonds is 4. The minimum atomic E-state index is -4.54. The first-order valence-corrected chi connectivity index (χ1v) is 5.79. The van der Waals surface area contributed by atoms with Crippen molar-refractivity contribution in [2.75, 3.05) is 6.61 Å². The van der Waals surface area contributed by atoms with Crippen LogP contribution in [0.5, 0.6) is 5.75 Å². The molecule has 0 aliphatic heterocycles. The van der Waals surface area contributed by atoms with E-state index in [2.05, 4.69) is 0 Å². The average molecular weight is 275 g/mol. The molecule has 0 spiro atoms. The molecule has 104 valence electrons. The van der Waals surface area contributed by atoms with Gasteiger partial charge in [0.15, 0.2) is 0 Å². The Bertz CT molecular complexity index is 472. The third-order valence-electron chi connectivity index (χ3n) is 3.18. The standard InChI is InChI=1S/C12H12F3NO3/c1-2-19-8-5-3-7(4-6-8)9-10(12(13,14)15)11(9)16(17)18/h3-6,9-11H,2H2,1H3/t9-,10+,11+/m0/s1. The lowest BCUT2D eigenvalue weighted by Crippen LogP contribution is -2.17. The van der Waals surface area contributed by atoms with Crippen molar-refractivity contribution in [1.29, 1.82) is 0 Å². The Kier molecular flexibility index (Phi) is 3.38. The molecular weight excluding hydrogens is 263 g/mol. The average Bonchev–Trinajstić information content (AvgIpc) is 3.05. The fraction of sp³-hybridized carbons (Fsp3) is 0.500. The molecule has 7 heteroatoms. The van der Waals surface area contributed by atoms with E-state index in [1.54, 1.807) is 6.92 Å². The highest BCUT2D eigenvalue weighted by molar-refractivity contribution is 5.35. The smallest absolute Gasteiger partial charge is 0.399 e. The normalized spacial score (nSPS) is 26.0. The SMILES string of the molecule is CCOc1ccc([C@@H]2[C@@H]([N+](=O)[O-])[C@@H]2C(F)(F)F)cc1. The maximum atomic E-state index is 12.7. The summed E-state index contributed by atoms with van der Waals surface area (Å²) in [6, 6.07) is 4.40. The quantitative estimate of drug-likeness (QED) is 0.627. The van der Waals surface area contributed by atoms with Crippen molar-refractivity contribution in [3.8, 4) is 5.75 Å². The molecule has 1 aliphatic rings. The van der Waals surface area contributed by atoms with Crippen molar-refractivity contribution in [2.45, 2.75) is 25.1 Å². The fourth-order valence-electron chi connectivity index (χ4n) is 2.31. The van der Waals surface area contributed by atoms with Crippen LogP contribution in [0, 0.1) is 16.0 Å². The van der Waals surface area contributed by atoms with Crippen molar-refractivity contribution in [3.63, 3.8) is 0 Å². The van der Waals surface area contributed by atoms with Gasteiger partial charge in [0, 0.05) is 4.92 Å². The minimum absolute atomic E-state index is 0.326. The molecule has 0 unspecified atom stereocenters. The first-order chi connectivity index (χ1) is 8.86. The molecule has 1 fully saturated rings. The number of nitrogens with zero attached hydrogens (tertiary/aromatic N) is 1. The molecule has 0 saturated heterocycles. The Balaban J connectivity index is 2.19. The first kappa shape index (κ1) is 13.6. The number of ether oxygens (including phenoxy) is 1. The van der Waals surface area contributed by atoms with Gasteiger partial charge < -0.3 is 4.74 Å². The summed E-state index contributed by atoms with van der Waals surface area (Å²) in [6.45, 7) is 2.24. The second-order valence-corrected chi connectivity index (χ2v) is 4.37. The van der Waals surface area contributed by atoms with Gasteiger partial charge in [-0.1, -0.05) is 12.1 Å². The molecule has 0 N–H and O–H groups in total. The maximum absolute atomic E-state index is 12.7. The highest BCUT2D eigenvalue weighted by Crippen LogP contribution is 2.57. The van der Waals surface area contributed by atoms with Gasteiger partial charge in [0.25, 0.3) is 0 Å². The second kappa shape index (κ2) is 4.71. The highest BCUT2D eigenvalue weighted by Gasteiger charge is 2.72. The van der Waals surface area contributed by atoms with Gasteiger partial charge in [-0.3, -0.25) is 10.1 Å². The predicted molar refractivity (Wildman–Crippen MR) is 60.7 cm³/mol. The van der Waals surface area contributed by atoms with E-state index in [1.807, 2.05) is 0 Å². The van der Waals surface area contributed by atoms with Crippen molar-refractivity contribution in [2.24, 2.45) is 5.92 Å². The van der Waals surface area contributed by atoms with Crippen LogP contribution in [-0.4, -0.2) is 23.7 Å². The molecule has 0 amide bonds. The van der Waals surface area contributed by atoms with E-state index in [9.17, 15) is 23.3 Å². The molecule has 1 aromatic rings. The summed E-state index contributed by atoms with van der Waals surface area (Å²) >= 11 is 0. The Hall–Kier alpha value is -1.79. The highest BCUT2D eigenvalue weighted by atomic mass is 19.4. The molecule has 19 heavy (non-hydrogen) atoms. The summed E-state index contributed by atoms with van der Waals surface area (Å²) in [7, 11) is 0. The lowest BCUT2D eigenvalue weighted by molar-refractivity contribution is -0.503. The van der Waals surface area contributed by atoms with Crippen LogP contribution >= 0.6 is 0 Å². The van der Waals surface area contributed by atoms with Gasteiger partial charge in [0.05, 0.1) is 12.5 Å². The van der Waals surface area contributed by atoms with E-state index in [0.717, 1.165) is 0 Å². The lowest BCUT2D eigenvalue weighted by atomic mass is 10.1. The third kappa shape index (κ3) is 2.64. The zero-order valence-corrected chi connectivity index (χ0v) is 10.1. The van der Waals surface area contributed by atoms with Crippen LogP contribution in [-0.2, 0) is 0 Å². The van der Waals surface area contributed by atoms with Crippen molar-refractivity contribution in [1.82, 2.24) is 0 Å². The van der Waals surface area contributed by atoms with Gasteiger partial charge >= 0.3 is 6.18 Å². The Morgan fingerprint density at radius 1 is 1.32 bits per heavy atom. The number of alkyl halides is 3. The minimum Gasteiger partial charge on any atom is -0.494 e. The third-order valence-corrected chi connectivity index (χ3v) is 3.18. The second-order valence-electron chi connectivity index (χ2n) is 4.37. The monoisotopic (exact) mass is 275 g/mol. The summed E-state index contributed by atoms with van der Waals surface area (Å²) in [5.41, 5.74) is 0.326. The molecule has 0 heterocycles. The van der Waals surface area contributed by atoms with E-state index >= 15 is 0 Å². The van der Waals surface area contributed by atoms with Crippen LogP contribution in [0.4, 0.5) is 13.2 Å². The van der Waals surface area contributed by atoms with Crippen molar-refractivity contribution >= 4 is 0 Å². The first-order valence-electron chi connectivity index (χ1n) is 5.79.